The van der Waals surface area contributed by atoms with Crippen LogP contribution < -0.4 is 14.2 Å². The molecule has 3 rings (SSSR count). The van der Waals surface area contributed by atoms with Crippen molar-refractivity contribution in [2.45, 2.75) is 0 Å². The first kappa shape index (κ1) is 17.3. The fourth-order valence-corrected chi connectivity index (χ4v) is 2.51. The average molecular weight is 356 g/mol. The highest BCUT2D eigenvalue weighted by Crippen LogP contribution is 2.37. The molecule has 0 aliphatic carbocycles. The molecule has 0 N–H and O–H groups in total. The first-order valence-electron chi connectivity index (χ1n) is 7.63. The zero-order valence-electron chi connectivity index (χ0n) is 14.4. The molecule has 0 aliphatic rings. The van der Waals surface area contributed by atoms with E-state index in [1.807, 2.05) is 0 Å². The van der Waals surface area contributed by atoms with Crippen molar-refractivity contribution in [1.82, 2.24) is 0 Å². The summed E-state index contributed by atoms with van der Waals surface area (Å²) in [6.07, 6.45) is 0. The van der Waals surface area contributed by atoms with Crippen molar-refractivity contribution in [3.05, 3.63) is 53.8 Å². The Bertz CT molecular complexity index is 957. The summed E-state index contributed by atoms with van der Waals surface area (Å²) in [6, 6.07) is 11.6. The predicted molar refractivity (Wildman–Crippen MR) is 92.1 cm³/mol. The van der Waals surface area contributed by atoms with Gasteiger partial charge in [0.05, 0.1) is 21.3 Å². The minimum Gasteiger partial charge on any atom is -0.493 e. The minimum atomic E-state index is -0.792. The fraction of sp³-hybridized carbons (Fsp3) is 0.158. The summed E-state index contributed by atoms with van der Waals surface area (Å²) < 4.78 is 26.1. The van der Waals surface area contributed by atoms with Gasteiger partial charge in [-0.25, -0.2) is 9.59 Å². The molecular formula is C19H16O7. The highest BCUT2D eigenvalue weighted by molar-refractivity contribution is 6.12. The first-order valence-corrected chi connectivity index (χ1v) is 7.63. The fourth-order valence-electron chi connectivity index (χ4n) is 2.51. The SMILES string of the molecule is COC(=O)c1oc2cc(OC)c(OC)cc2c1C(=O)Oc1ccccc1. The Balaban J connectivity index is 2.16. The molecule has 0 fully saturated rings. The summed E-state index contributed by atoms with van der Waals surface area (Å²) in [5, 5.41) is 0.351. The number of rotatable bonds is 5. The van der Waals surface area contributed by atoms with Gasteiger partial charge in [0.15, 0.2) is 11.5 Å². The lowest BCUT2D eigenvalue weighted by atomic mass is 10.1. The van der Waals surface area contributed by atoms with E-state index in [2.05, 4.69) is 0 Å². The lowest BCUT2D eigenvalue weighted by Gasteiger charge is -2.07. The summed E-state index contributed by atoms with van der Waals surface area (Å²) in [5.74, 6) is -0.678. The van der Waals surface area contributed by atoms with E-state index in [1.54, 1.807) is 36.4 Å². The summed E-state index contributed by atoms with van der Waals surface area (Å²) in [5.41, 5.74) is 0.222. The van der Waals surface area contributed by atoms with Crippen molar-refractivity contribution >= 4 is 22.9 Å². The predicted octanol–water partition coefficient (Wildman–Crippen LogP) is 3.46. The summed E-state index contributed by atoms with van der Waals surface area (Å²) in [7, 11) is 4.13. The molecule has 7 heteroatoms. The number of methoxy groups -OCH3 is 3. The van der Waals surface area contributed by atoms with Crippen molar-refractivity contribution < 1.29 is 33.0 Å². The zero-order valence-corrected chi connectivity index (χ0v) is 14.4. The third-order valence-corrected chi connectivity index (χ3v) is 3.72. The molecule has 0 spiro atoms. The number of para-hydroxylation sites is 1. The van der Waals surface area contributed by atoms with Gasteiger partial charge < -0.3 is 23.4 Å². The third kappa shape index (κ3) is 3.06. The highest BCUT2D eigenvalue weighted by Gasteiger charge is 2.29. The van der Waals surface area contributed by atoms with Gasteiger partial charge in [0.1, 0.15) is 16.9 Å². The second kappa shape index (κ2) is 7.18. The van der Waals surface area contributed by atoms with Gasteiger partial charge in [-0.3, -0.25) is 0 Å². The van der Waals surface area contributed by atoms with E-state index >= 15 is 0 Å². The maximum absolute atomic E-state index is 12.7. The van der Waals surface area contributed by atoms with Crippen LogP contribution in [0, 0.1) is 0 Å². The van der Waals surface area contributed by atoms with E-state index in [0.717, 1.165) is 0 Å². The smallest absolute Gasteiger partial charge is 0.374 e. The molecule has 0 radical (unpaired) electrons. The minimum absolute atomic E-state index is 0.0448. The van der Waals surface area contributed by atoms with E-state index in [1.165, 1.54) is 27.4 Å². The van der Waals surface area contributed by atoms with Gasteiger partial charge in [0.25, 0.3) is 0 Å². The molecule has 0 atom stereocenters. The quantitative estimate of drug-likeness (QED) is 0.511. The van der Waals surface area contributed by atoms with Crippen molar-refractivity contribution in [3.8, 4) is 17.2 Å². The largest absolute Gasteiger partial charge is 0.493 e. The molecule has 1 heterocycles. The summed E-state index contributed by atoms with van der Waals surface area (Å²) in [4.78, 5) is 24.8. The monoisotopic (exact) mass is 356 g/mol. The van der Waals surface area contributed by atoms with Gasteiger partial charge in [-0.15, -0.1) is 0 Å². The van der Waals surface area contributed by atoms with Gasteiger partial charge in [0, 0.05) is 11.5 Å². The number of ether oxygens (including phenoxy) is 4. The van der Waals surface area contributed by atoms with E-state index in [0.29, 0.717) is 22.6 Å². The molecule has 7 nitrogen and oxygen atoms in total. The van der Waals surface area contributed by atoms with Crippen LogP contribution in [0.4, 0.5) is 0 Å². The molecule has 0 amide bonds. The number of carbonyl (C=O) groups excluding carboxylic acids is 2. The number of benzene rings is 2. The molecule has 1 aromatic heterocycles. The third-order valence-electron chi connectivity index (χ3n) is 3.72. The van der Waals surface area contributed by atoms with Crippen molar-refractivity contribution in [3.63, 3.8) is 0 Å². The molecule has 2 aromatic carbocycles. The summed E-state index contributed by atoms with van der Waals surface area (Å²) in [6.45, 7) is 0. The Morgan fingerprint density at radius 2 is 1.54 bits per heavy atom. The van der Waals surface area contributed by atoms with E-state index < -0.39 is 11.9 Å². The molecule has 134 valence electrons. The Morgan fingerprint density at radius 3 is 2.15 bits per heavy atom. The second-order valence-electron chi connectivity index (χ2n) is 5.20. The van der Waals surface area contributed by atoms with Crippen LogP contribution in [-0.4, -0.2) is 33.3 Å². The van der Waals surface area contributed by atoms with Crippen molar-refractivity contribution in [1.29, 1.82) is 0 Å². The van der Waals surface area contributed by atoms with Crippen LogP contribution in [0.3, 0.4) is 0 Å². The molecule has 0 bridgehead atoms. The van der Waals surface area contributed by atoms with Gasteiger partial charge in [0.2, 0.25) is 5.76 Å². The normalized spacial score (nSPS) is 10.4. The molecule has 26 heavy (non-hydrogen) atoms. The number of carbonyl (C=O) groups is 2. The Labute approximate surface area is 149 Å². The van der Waals surface area contributed by atoms with E-state index in [9.17, 15) is 9.59 Å². The van der Waals surface area contributed by atoms with Crippen LogP contribution in [0.2, 0.25) is 0 Å². The molecular weight excluding hydrogens is 340 g/mol. The second-order valence-corrected chi connectivity index (χ2v) is 5.20. The van der Waals surface area contributed by atoms with Gasteiger partial charge in [-0.05, 0) is 18.2 Å². The first-order chi connectivity index (χ1) is 12.6. The van der Waals surface area contributed by atoms with E-state index in [4.69, 9.17) is 23.4 Å². The van der Waals surface area contributed by atoms with Crippen molar-refractivity contribution in [2.24, 2.45) is 0 Å². The van der Waals surface area contributed by atoms with Crippen LogP contribution in [0.25, 0.3) is 11.0 Å². The van der Waals surface area contributed by atoms with E-state index in [-0.39, 0.29) is 16.9 Å². The standard InChI is InChI=1S/C19H16O7/c1-22-14-9-12-13(10-15(14)23-2)26-17(19(21)24-3)16(12)18(20)25-11-7-5-4-6-8-11/h4-10H,1-3H3. The van der Waals surface area contributed by atoms with Crippen LogP contribution >= 0.6 is 0 Å². The topological polar surface area (TPSA) is 84.2 Å². The van der Waals surface area contributed by atoms with Crippen LogP contribution in [0.1, 0.15) is 20.9 Å². The van der Waals surface area contributed by atoms with Crippen LogP contribution in [-0.2, 0) is 4.74 Å². The number of furan rings is 1. The summed E-state index contributed by atoms with van der Waals surface area (Å²) >= 11 is 0. The lowest BCUT2D eigenvalue weighted by molar-refractivity contribution is 0.0554. The van der Waals surface area contributed by atoms with Crippen molar-refractivity contribution in [2.75, 3.05) is 21.3 Å². The van der Waals surface area contributed by atoms with Crippen LogP contribution in [0.5, 0.6) is 17.2 Å². The highest BCUT2D eigenvalue weighted by atomic mass is 16.5. The molecule has 0 unspecified atom stereocenters. The number of hydrogen-bond acceptors (Lipinski definition) is 7. The molecule has 3 aromatic rings. The van der Waals surface area contributed by atoms with Gasteiger partial charge in [-0.1, -0.05) is 18.2 Å². The molecule has 0 saturated heterocycles. The number of fused-ring (bicyclic) bond motifs is 1. The maximum Gasteiger partial charge on any atom is 0.374 e. The number of esters is 2. The Hall–Kier alpha value is -3.48. The lowest BCUT2D eigenvalue weighted by Crippen LogP contribution is -2.13. The maximum atomic E-state index is 12.7. The molecule has 0 saturated carbocycles. The molecule has 0 aliphatic heterocycles. The van der Waals surface area contributed by atoms with Gasteiger partial charge in [-0.2, -0.15) is 0 Å². The number of hydrogen-bond donors (Lipinski definition) is 0. The van der Waals surface area contributed by atoms with Gasteiger partial charge >= 0.3 is 11.9 Å². The Morgan fingerprint density at radius 1 is 0.885 bits per heavy atom. The van der Waals surface area contributed by atoms with Crippen LogP contribution in [0.15, 0.2) is 46.9 Å². The average Bonchev–Trinajstić information content (AvgIpc) is 3.05. The zero-order chi connectivity index (χ0) is 18.7. The Kier molecular flexibility index (Phi) is 4.79.